The fraction of sp³-hybridized carbons (Fsp3) is 0.789. The molecule has 0 aromatic carbocycles. The summed E-state index contributed by atoms with van der Waals surface area (Å²) in [7, 11) is 3.00. The van der Waals surface area contributed by atoms with E-state index in [1.54, 1.807) is 7.05 Å². The highest BCUT2D eigenvalue weighted by molar-refractivity contribution is 6.19. The van der Waals surface area contributed by atoms with Crippen LogP contribution in [0.4, 0.5) is 4.79 Å². The number of nitriles is 1. The highest BCUT2D eigenvalue weighted by Crippen LogP contribution is 2.26. The van der Waals surface area contributed by atoms with Crippen LogP contribution in [0.2, 0.25) is 0 Å². The number of amidine groups is 1. The molecule has 2 heterocycles. The van der Waals surface area contributed by atoms with Crippen molar-refractivity contribution in [1.29, 1.82) is 5.26 Å². The molecule has 3 fully saturated rings. The molecule has 0 bridgehead atoms. The smallest absolute Gasteiger partial charge is 0.303 e. The van der Waals surface area contributed by atoms with Crippen molar-refractivity contribution in [3.63, 3.8) is 0 Å². The summed E-state index contributed by atoms with van der Waals surface area (Å²) in [4.78, 5) is 33.9. The number of carbonyl (C=O) groups is 2. The van der Waals surface area contributed by atoms with Crippen molar-refractivity contribution in [2.75, 3.05) is 33.7 Å². The molecule has 7 nitrogen and oxygen atoms in total. The maximum Gasteiger partial charge on any atom is 0.331 e. The predicted molar refractivity (Wildman–Crippen MR) is 98.5 cm³/mol. The van der Waals surface area contributed by atoms with Gasteiger partial charge < -0.3 is 4.90 Å². The van der Waals surface area contributed by atoms with Gasteiger partial charge in [0.25, 0.3) is 5.91 Å². The molecular formula is C19H29N5O2. The van der Waals surface area contributed by atoms with Gasteiger partial charge in [0, 0.05) is 33.7 Å². The average molecular weight is 359 g/mol. The van der Waals surface area contributed by atoms with Gasteiger partial charge in [-0.15, -0.1) is 0 Å². The van der Waals surface area contributed by atoms with Gasteiger partial charge in [-0.3, -0.25) is 19.6 Å². The molecule has 26 heavy (non-hydrogen) atoms. The number of likely N-dealkylation sites (tertiary alicyclic amines) is 1. The van der Waals surface area contributed by atoms with E-state index in [1.807, 2.05) is 6.07 Å². The molecule has 2 saturated heterocycles. The minimum Gasteiger partial charge on any atom is -0.303 e. The van der Waals surface area contributed by atoms with Crippen molar-refractivity contribution >= 4 is 17.8 Å². The maximum absolute atomic E-state index is 12.2. The summed E-state index contributed by atoms with van der Waals surface area (Å²) in [5, 5.41) is 9.38. The van der Waals surface area contributed by atoms with E-state index < -0.39 is 17.9 Å². The molecular weight excluding hydrogens is 330 g/mol. The number of imide groups is 1. The molecule has 3 aliphatic rings. The summed E-state index contributed by atoms with van der Waals surface area (Å²) in [5.74, 6) is -0.316. The van der Waals surface area contributed by atoms with Gasteiger partial charge in [0.1, 0.15) is 5.84 Å². The van der Waals surface area contributed by atoms with Crippen LogP contribution < -0.4 is 0 Å². The molecule has 142 valence electrons. The van der Waals surface area contributed by atoms with Crippen LogP contribution in [0, 0.1) is 23.2 Å². The van der Waals surface area contributed by atoms with E-state index in [1.165, 1.54) is 50.6 Å². The van der Waals surface area contributed by atoms with Crippen LogP contribution in [0.15, 0.2) is 4.99 Å². The molecule has 0 spiro atoms. The van der Waals surface area contributed by atoms with Crippen molar-refractivity contribution in [3.05, 3.63) is 0 Å². The number of aliphatic imine (C=N–C) groups is 1. The standard InChI is InChI=1S/C19H29N5O2/c1-22-17(16(12-20)18(25)23(2)19(22)26)21-15-8-10-24(11-9-15)13-14-6-4-3-5-7-14/h14-16H,3-11,13H2,1-2H3. The minimum absolute atomic E-state index is 0.0786. The fourth-order valence-corrected chi connectivity index (χ4v) is 4.34. The summed E-state index contributed by atoms with van der Waals surface area (Å²) in [5.41, 5.74) is 0. The molecule has 1 saturated carbocycles. The van der Waals surface area contributed by atoms with Crippen LogP contribution in [0.25, 0.3) is 0 Å². The van der Waals surface area contributed by atoms with Gasteiger partial charge in [0.2, 0.25) is 0 Å². The number of rotatable bonds is 3. The lowest BCUT2D eigenvalue weighted by atomic mass is 9.88. The van der Waals surface area contributed by atoms with Gasteiger partial charge in [-0.2, -0.15) is 5.26 Å². The van der Waals surface area contributed by atoms with Crippen molar-refractivity contribution in [2.45, 2.75) is 51.0 Å². The third-order valence-electron chi connectivity index (χ3n) is 6.00. The summed E-state index contributed by atoms with van der Waals surface area (Å²) in [6.45, 7) is 3.19. The van der Waals surface area contributed by atoms with Gasteiger partial charge in [-0.1, -0.05) is 19.3 Å². The van der Waals surface area contributed by atoms with E-state index in [9.17, 15) is 14.9 Å². The zero-order valence-corrected chi connectivity index (χ0v) is 15.9. The molecule has 7 heteroatoms. The zero-order valence-electron chi connectivity index (χ0n) is 15.9. The van der Waals surface area contributed by atoms with E-state index in [-0.39, 0.29) is 6.04 Å². The van der Waals surface area contributed by atoms with Gasteiger partial charge in [-0.25, -0.2) is 4.79 Å². The van der Waals surface area contributed by atoms with Crippen molar-refractivity contribution in [1.82, 2.24) is 14.7 Å². The lowest BCUT2D eigenvalue weighted by molar-refractivity contribution is -0.129. The Morgan fingerprint density at radius 2 is 1.69 bits per heavy atom. The van der Waals surface area contributed by atoms with E-state index in [2.05, 4.69) is 9.89 Å². The van der Waals surface area contributed by atoms with E-state index in [0.29, 0.717) is 5.84 Å². The topological polar surface area (TPSA) is 80.0 Å². The third-order valence-corrected chi connectivity index (χ3v) is 6.00. The van der Waals surface area contributed by atoms with Crippen molar-refractivity contribution < 1.29 is 9.59 Å². The third kappa shape index (κ3) is 3.90. The van der Waals surface area contributed by atoms with Crippen LogP contribution in [0.5, 0.6) is 0 Å². The molecule has 3 amide bonds. The zero-order chi connectivity index (χ0) is 18.7. The first-order valence-corrected chi connectivity index (χ1v) is 9.76. The summed E-state index contributed by atoms with van der Waals surface area (Å²) in [6, 6.07) is 1.67. The van der Waals surface area contributed by atoms with Crippen LogP contribution in [0.3, 0.4) is 0 Å². The van der Waals surface area contributed by atoms with Gasteiger partial charge >= 0.3 is 6.03 Å². The van der Waals surface area contributed by atoms with Crippen LogP contribution in [-0.4, -0.2) is 72.2 Å². The number of nitrogens with zero attached hydrogens (tertiary/aromatic N) is 5. The Morgan fingerprint density at radius 1 is 1.04 bits per heavy atom. The Hall–Kier alpha value is -1.94. The average Bonchev–Trinajstić information content (AvgIpc) is 2.67. The molecule has 3 rings (SSSR count). The molecule has 0 radical (unpaired) electrons. The first-order valence-electron chi connectivity index (χ1n) is 9.76. The Morgan fingerprint density at radius 3 is 2.31 bits per heavy atom. The van der Waals surface area contributed by atoms with E-state index >= 15 is 0 Å². The second kappa shape index (κ2) is 8.17. The quantitative estimate of drug-likeness (QED) is 0.773. The minimum atomic E-state index is -0.983. The van der Waals surface area contributed by atoms with E-state index in [0.717, 1.165) is 36.7 Å². The molecule has 2 aliphatic heterocycles. The van der Waals surface area contributed by atoms with Crippen LogP contribution >= 0.6 is 0 Å². The lowest BCUT2D eigenvalue weighted by Crippen LogP contribution is -2.57. The van der Waals surface area contributed by atoms with Gasteiger partial charge in [-0.05, 0) is 31.6 Å². The summed E-state index contributed by atoms with van der Waals surface area (Å²) in [6.07, 6.45) is 8.67. The molecule has 0 aromatic rings. The van der Waals surface area contributed by atoms with Gasteiger partial charge in [0.05, 0.1) is 12.1 Å². The van der Waals surface area contributed by atoms with E-state index in [4.69, 9.17) is 0 Å². The predicted octanol–water partition coefficient (Wildman–Crippen LogP) is 2.09. The summed E-state index contributed by atoms with van der Waals surface area (Å²) >= 11 is 0. The monoisotopic (exact) mass is 359 g/mol. The number of piperidine rings is 1. The van der Waals surface area contributed by atoms with Crippen molar-refractivity contribution in [2.24, 2.45) is 16.8 Å². The highest BCUT2D eigenvalue weighted by Gasteiger charge is 2.41. The highest BCUT2D eigenvalue weighted by atomic mass is 16.2. The maximum atomic E-state index is 12.2. The Balaban J connectivity index is 1.60. The second-order valence-corrected chi connectivity index (χ2v) is 7.82. The first kappa shape index (κ1) is 18.8. The lowest BCUT2D eigenvalue weighted by Gasteiger charge is -2.36. The van der Waals surface area contributed by atoms with Crippen LogP contribution in [-0.2, 0) is 4.79 Å². The molecule has 0 aromatic heterocycles. The Labute approximate surface area is 155 Å². The molecule has 0 N–H and O–H groups in total. The SMILES string of the molecule is CN1C(=O)C(C#N)C(=NC2CCN(CC3CCCCC3)CC2)N(C)C1=O. The summed E-state index contributed by atoms with van der Waals surface area (Å²) < 4.78 is 0. The number of carbonyl (C=O) groups excluding carboxylic acids is 2. The van der Waals surface area contributed by atoms with Crippen LogP contribution in [0.1, 0.15) is 44.9 Å². The number of hydrogen-bond donors (Lipinski definition) is 0. The first-order chi connectivity index (χ1) is 12.5. The number of amides is 3. The number of urea groups is 1. The normalized spacial score (nSPS) is 28.7. The molecule has 1 aliphatic carbocycles. The molecule has 1 atom stereocenters. The van der Waals surface area contributed by atoms with Gasteiger partial charge in [0.15, 0.2) is 5.92 Å². The molecule has 1 unspecified atom stereocenters. The van der Waals surface area contributed by atoms with Crippen molar-refractivity contribution in [3.8, 4) is 6.07 Å². The number of hydrogen-bond acceptors (Lipinski definition) is 5. The Bertz CT molecular complexity index is 612. The Kier molecular flexibility index (Phi) is 5.92. The largest absolute Gasteiger partial charge is 0.331 e. The fourth-order valence-electron chi connectivity index (χ4n) is 4.34. The second-order valence-electron chi connectivity index (χ2n) is 7.82.